The molecule has 0 unspecified atom stereocenters. The molecule has 0 saturated heterocycles. The van der Waals surface area contributed by atoms with E-state index < -0.39 is 0 Å². The zero-order valence-electron chi connectivity index (χ0n) is 15.0. The van der Waals surface area contributed by atoms with Gasteiger partial charge in [0, 0.05) is 11.1 Å². The summed E-state index contributed by atoms with van der Waals surface area (Å²) in [5.74, 6) is 0. The molecule has 0 N–H and O–H groups in total. The molecule has 128 valence electrons. The Labute approximate surface area is 158 Å². The minimum Gasteiger partial charge on any atom is -0.269 e. The molecule has 4 heteroatoms. The Kier molecular flexibility index (Phi) is 3.89. The summed E-state index contributed by atoms with van der Waals surface area (Å²) in [5.41, 5.74) is 1.97. The maximum absolute atomic E-state index is 5.14. The van der Waals surface area contributed by atoms with Crippen molar-refractivity contribution >= 4 is 33.6 Å². The summed E-state index contributed by atoms with van der Waals surface area (Å²) >= 11 is 3.77. The second-order valence-electron chi connectivity index (χ2n) is 7.50. The van der Waals surface area contributed by atoms with Crippen LogP contribution in [0.4, 0.5) is 0 Å². The molecule has 2 heterocycles. The van der Waals surface area contributed by atoms with E-state index in [0.29, 0.717) is 0 Å². The normalized spacial score (nSPS) is 22.7. The first-order chi connectivity index (χ1) is 11.8. The maximum Gasteiger partial charge on any atom is 0.122 e. The average Bonchev–Trinajstić information content (AvgIpc) is 3.04. The summed E-state index contributed by atoms with van der Waals surface area (Å²) < 4.78 is -0.143. The lowest BCUT2D eigenvalue weighted by Crippen LogP contribution is -2.52. The van der Waals surface area contributed by atoms with E-state index in [4.69, 9.17) is 9.98 Å². The molecule has 0 fully saturated rings. The van der Waals surface area contributed by atoms with Crippen molar-refractivity contribution in [3.63, 3.8) is 0 Å². The van der Waals surface area contributed by atoms with Gasteiger partial charge in [-0.15, -0.1) is 0 Å². The number of hydrogen-bond acceptors (Lipinski definition) is 4. The van der Waals surface area contributed by atoms with Gasteiger partial charge in [-0.1, -0.05) is 84.2 Å². The van der Waals surface area contributed by atoms with E-state index in [2.05, 4.69) is 88.4 Å². The fourth-order valence-electron chi connectivity index (χ4n) is 3.65. The van der Waals surface area contributed by atoms with Crippen molar-refractivity contribution in [1.29, 1.82) is 0 Å². The Bertz CT molecular complexity index is 778. The van der Waals surface area contributed by atoms with E-state index >= 15 is 0 Å². The molecule has 4 rings (SSSR count). The van der Waals surface area contributed by atoms with Gasteiger partial charge in [-0.25, -0.2) is 0 Å². The third kappa shape index (κ3) is 2.58. The second kappa shape index (κ2) is 5.75. The summed E-state index contributed by atoms with van der Waals surface area (Å²) in [6, 6.07) is 21.0. The van der Waals surface area contributed by atoms with Crippen LogP contribution >= 0.6 is 23.5 Å². The molecule has 0 atom stereocenters. The van der Waals surface area contributed by atoms with Crippen LogP contribution in [-0.2, 0) is 0 Å². The van der Waals surface area contributed by atoms with Crippen LogP contribution in [0.25, 0.3) is 0 Å². The maximum atomic E-state index is 5.14. The van der Waals surface area contributed by atoms with Crippen molar-refractivity contribution < 1.29 is 0 Å². The van der Waals surface area contributed by atoms with Gasteiger partial charge >= 0.3 is 0 Å². The highest BCUT2D eigenvalue weighted by molar-refractivity contribution is 8.32. The van der Waals surface area contributed by atoms with Gasteiger partial charge < -0.3 is 0 Å². The summed E-state index contributed by atoms with van der Waals surface area (Å²) in [6.07, 6.45) is 0. The van der Waals surface area contributed by atoms with Gasteiger partial charge in [0.2, 0.25) is 0 Å². The zero-order chi connectivity index (χ0) is 17.7. The molecular formula is C21H22N2S2. The highest BCUT2D eigenvalue weighted by Gasteiger charge is 2.64. The molecular weight excluding hydrogens is 344 g/mol. The molecule has 0 radical (unpaired) electrons. The van der Waals surface area contributed by atoms with Crippen LogP contribution in [0.3, 0.4) is 0 Å². The number of aliphatic imine (C=N–C) groups is 2. The van der Waals surface area contributed by atoms with Crippen LogP contribution in [0.15, 0.2) is 70.6 Å². The Balaban J connectivity index is 1.74. The molecule has 0 aromatic heterocycles. The molecule has 2 aliphatic rings. The predicted octanol–water partition coefficient (Wildman–Crippen LogP) is 5.63. The quantitative estimate of drug-likeness (QED) is 0.688. The third-order valence-electron chi connectivity index (χ3n) is 4.90. The van der Waals surface area contributed by atoms with Crippen LogP contribution in [-0.4, -0.2) is 25.2 Å². The van der Waals surface area contributed by atoms with E-state index in [9.17, 15) is 0 Å². The summed E-state index contributed by atoms with van der Waals surface area (Å²) in [5, 5.41) is 2.24. The Hall–Kier alpha value is -1.52. The predicted molar refractivity (Wildman–Crippen MR) is 112 cm³/mol. The fourth-order valence-corrected chi connectivity index (χ4v) is 7.07. The minimum absolute atomic E-state index is 0.143. The van der Waals surface area contributed by atoms with E-state index in [0.717, 1.165) is 10.1 Å². The van der Waals surface area contributed by atoms with Crippen molar-refractivity contribution in [2.24, 2.45) is 9.98 Å². The van der Waals surface area contributed by atoms with Gasteiger partial charge in [0.15, 0.2) is 0 Å². The van der Waals surface area contributed by atoms with Gasteiger partial charge in [-0.05, 0) is 27.7 Å². The van der Waals surface area contributed by atoms with Crippen LogP contribution in [0.1, 0.15) is 38.8 Å². The molecule has 2 aromatic rings. The number of benzene rings is 2. The monoisotopic (exact) mass is 366 g/mol. The van der Waals surface area contributed by atoms with Gasteiger partial charge in [0.25, 0.3) is 0 Å². The molecule has 0 bridgehead atoms. The zero-order valence-corrected chi connectivity index (χ0v) is 16.6. The van der Waals surface area contributed by atoms with E-state index in [1.165, 1.54) is 11.1 Å². The topological polar surface area (TPSA) is 24.7 Å². The molecule has 0 amide bonds. The van der Waals surface area contributed by atoms with Crippen LogP contribution < -0.4 is 0 Å². The first-order valence-electron chi connectivity index (χ1n) is 8.53. The molecule has 2 aliphatic heterocycles. The molecule has 1 spiro atoms. The smallest absolute Gasteiger partial charge is 0.122 e. The van der Waals surface area contributed by atoms with Gasteiger partial charge in [-0.3, -0.25) is 9.98 Å². The summed E-state index contributed by atoms with van der Waals surface area (Å²) in [6.45, 7) is 8.98. The van der Waals surface area contributed by atoms with Crippen molar-refractivity contribution in [2.45, 2.75) is 42.9 Å². The van der Waals surface area contributed by atoms with E-state index in [1.54, 1.807) is 0 Å². The lowest BCUT2D eigenvalue weighted by molar-refractivity contribution is 0.356. The van der Waals surface area contributed by atoms with Gasteiger partial charge in [-0.2, -0.15) is 0 Å². The van der Waals surface area contributed by atoms with E-state index in [1.807, 2.05) is 23.5 Å². The molecule has 0 saturated carbocycles. The largest absolute Gasteiger partial charge is 0.269 e. The summed E-state index contributed by atoms with van der Waals surface area (Å²) in [4.78, 5) is 10.3. The first kappa shape index (κ1) is 16.9. The fraction of sp³-hybridized carbons (Fsp3) is 0.333. The highest BCUT2D eigenvalue weighted by atomic mass is 32.2. The third-order valence-corrected chi connectivity index (χ3v) is 9.01. The van der Waals surface area contributed by atoms with Crippen molar-refractivity contribution in [3.8, 4) is 0 Å². The van der Waals surface area contributed by atoms with Crippen LogP contribution in [0.2, 0.25) is 0 Å². The van der Waals surface area contributed by atoms with Gasteiger partial charge in [0.1, 0.15) is 4.08 Å². The van der Waals surface area contributed by atoms with Crippen molar-refractivity contribution in [3.05, 3.63) is 71.8 Å². The summed E-state index contributed by atoms with van der Waals surface area (Å²) in [7, 11) is 0. The Morgan fingerprint density at radius 2 is 0.960 bits per heavy atom. The second-order valence-corrected chi connectivity index (χ2v) is 10.2. The number of rotatable bonds is 2. The van der Waals surface area contributed by atoms with Crippen LogP contribution in [0, 0.1) is 0 Å². The first-order valence-corrected chi connectivity index (χ1v) is 10.2. The lowest BCUT2D eigenvalue weighted by Gasteiger charge is -2.42. The SMILES string of the molecule is CC1(C)N=C(c2ccccc2)SC12SC(c1ccccc1)=NC2(C)C. The Morgan fingerprint density at radius 3 is 1.32 bits per heavy atom. The number of thioether (sulfide) groups is 2. The lowest BCUT2D eigenvalue weighted by atomic mass is 9.86. The molecule has 0 aliphatic carbocycles. The highest BCUT2D eigenvalue weighted by Crippen LogP contribution is 2.64. The van der Waals surface area contributed by atoms with E-state index in [-0.39, 0.29) is 15.2 Å². The number of hydrogen-bond donors (Lipinski definition) is 0. The van der Waals surface area contributed by atoms with Crippen molar-refractivity contribution in [1.82, 2.24) is 0 Å². The molecule has 25 heavy (non-hydrogen) atoms. The Morgan fingerprint density at radius 1 is 0.600 bits per heavy atom. The standard InChI is InChI=1S/C21H22N2S2/c1-19(2)21(24-17(22-19)15-11-7-5-8-12-15)20(3,4)23-18(25-21)16-13-9-6-10-14-16/h5-14H,1-4H3. The van der Waals surface area contributed by atoms with Crippen LogP contribution in [0.5, 0.6) is 0 Å². The molecule has 2 nitrogen and oxygen atoms in total. The van der Waals surface area contributed by atoms with Crippen molar-refractivity contribution in [2.75, 3.05) is 0 Å². The minimum atomic E-state index is -0.211. The number of nitrogens with zero attached hydrogens (tertiary/aromatic N) is 2. The average molecular weight is 367 g/mol. The molecule has 2 aromatic carbocycles. The van der Waals surface area contributed by atoms with Gasteiger partial charge in [0.05, 0.1) is 21.2 Å².